The van der Waals surface area contributed by atoms with Crippen molar-refractivity contribution in [2.24, 2.45) is 11.8 Å². The maximum Gasteiger partial charge on any atom is 0.303 e. The van der Waals surface area contributed by atoms with Crippen molar-refractivity contribution < 1.29 is 19.5 Å². The highest BCUT2D eigenvalue weighted by atomic mass is 16.4. The second-order valence-electron chi connectivity index (χ2n) is 10.7. The van der Waals surface area contributed by atoms with Gasteiger partial charge in [-0.25, -0.2) is 0 Å². The molecule has 0 aromatic heterocycles. The minimum absolute atomic E-state index is 0.201. The van der Waals surface area contributed by atoms with E-state index >= 15 is 0 Å². The SMILES string of the molecule is CC(=O)C1CCC(CNC(=O)CCCCCCCCCCCCCCCCCCC(=O)O)CC1. The standard InChI is InChI=1S/C29H53NO4/c1-25(31)27-22-20-26(21-23-27)24-30-28(32)18-16-14-12-10-8-6-4-2-3-5-7-9-11-13-15-17-19-29(33)34/h26-27H,2-24H2,1H3,(H,30,32)(H,33,34). The molecule has 34 heavy (non-hydrogen) atoms. The molecule has 1 rings (SSSR count). The van der Waals surface area contributed by atoms with Crippen LogP contribution in [-0.2, 0) is 14.4 Å². The van der Waals surface area contributed by atoms with Gasteiger partial charge in [-0.05, 0) is 51.4 Å². The van der Waals surface area contributed by atoms with Crippen LogP contribution in [0.15, 0.2) is 0 Å². The minimum atomic E-state index is -0.670. The zero-order valence-electron chi connectivity index (χ0n) is 22.1. The molecule has 1 aliphatic rings. The van der Waals surface area contributed by atoms with Gasteiger partial charge in [-0.3, -0.25) is 14.4 Å². The van der Waals surface area contributed by atoms with E-state index in [9.17, 15) is 14.4 Å². The predicted molar refractivity (Wildman–Crippen MR) is 140 cm³/mol. The van der Waals surface area contributed by atoms with Crippen molar-refractivity contribution in [1.82, 2.24) is 5.32 Å². The lowest BCUT2D eigenvalue weighted by atomic mass is 9.80. The van der Waals surface area contributed by atoms with E-state index in [-0.39, 0.29) is 11.8 Å². The molecule has 0 bridgehead atoms. The number of carboxylic acids is 1. The third-order valence-electron chi connectivity index (χ3n) is 7.55. The van der Waals surface area contributed by atoms with Crippen LogP contribution in [0, 0.1) is 11.8 Å². The molecule has 2 N–H and O–H groups in total. The summed E-state index contributed by atoms with van der Waals surface area (Å²) in [6, 6.07) is 0. The van der Waals surface area contributed by atoms with Gasteiger partial charge in [0.1, 0.15) is 5.78 Å². The summed E-state index contributed by atoms with van der Waals surface area (Å²) in [5.41, 5.74) is 0. The third kappa shape index (κ3) is 18.0. The third-order valence-corrected chi connectivity index (χ3v) is 7.55. The smallest absolute Gasteiger partial charge is 0.303 e. The Morgan fingerprint density at radius 3 is 1.38 bits per heavy atom. The number of aliphatic carboxylic acids is 1. The molecule has 0 radical (unpaired) electrons. The molecular weight excluding hydrogens is 426 g/mol. The van der Waals surface area contributed by atoms with Gasteiger partial charge in [0, 0.05) is 25.3 Å². The predicted octanol–water partition coefficient (Wildman–Crippen LogP) is 7.60. The number of hydrogen-bond acceptors (Lipinski definition) is 3. The van der Waals surface area contributed by atoms with E-state index in [1.807, 2.05) is 0 Å². The molecule has 0 spiro atoms. The Balaban J connectivity index is 1.76. The number of carbonyl (C=O) groups is 3. The van der Waals surface area contributed by atoms with Crippen molar-refractivity contribution in [2.45, 2.75) is 148 Å². The number of rotatable bonds is 22. The lowest BCUT2D eigenvalue weighted by Gasteiger charge is -2.27. The van der Waals surface area contributed by atoms with Crippen LogP contribution >= 0.6 is 0 Å². The molecule has 0 unspecified atom stereocenters. The van der Waals surface area contributed by atoms with Gasteiger partial charge in [-0.1, -0.05) is 89.9 Å². The van der Waals surface area contributed by atoms with Crippen LogP contribution in [0.4, 0.5) is 0 Å². The summed E-state index contributed by atoms with van der Waals surface area (Å²) >= 11 is 0. The van der Waals surface area contributed by atoms with E-state index in [1.165, 1.54) is 77.0 Å². The molecule has 0 saturated heterocycles. The van der Waals surface area contributed by atoms with E-state index in [0.717, 1.165) is 57.9 Å². The fourth-order valence-electron chi connectivity index (χ4n) is 5.16. The van der Waals surface area contributed by atoms with E-state index < -0.39 is 5.97 Å². The number of Topliss-reactive ketones (excluding diaryl/α,β-unsaturated/α-hetero) is 1. The van der Waals surface area contributed by atoms with Crippen LogP contribution < -0.4 is 5.32 Å². The number of unbranched alkanes of at least 4 members (excludes halogenated alkanes) is 15. The van der Waals surface area contributed by atoms with Gasteiger partial charge in [-0.15, -0.1) is 0 Å². The molecule has 5 nitrogen and oxygen atoms in total. The van der Waals surface area contributed by atoms with Gasteiger partial charge in [0.2, 0.25) is 5.91 Å². The minimum Gasteiger partial charge on any atom is -0.481 e. The number of hydrogen-bond donors (Lipinski definition) is 2. The first-order valence-electron chi connectivity index (χ1n) is 14.5. The normalized spacial score (nSPS) is 18.0. The van der Waals surface area contributed by atoms with Gasteiger partial charge in [-0.2, -0.15) is 0 Å². The first-order chi connectivity index (χ1) is 16.5. The molecule has 1 aliphatic carbocycles. The van der Waals surface area contributed by atoms with Gasteiger partial charge in [0.15, 0.2) is 0 Å². The van der Waals surface area contributed by atoms with Gasteiger partial charge < -0.3 is 10.4 Å². The highest BCUT2D eigenvalue weighted by molar-refractivity contribution is 5.78. The highest BCUT2D eigenvalue weighted by Gasteiger charge is 2.23. The number of ketones is 1. The highest BCUT2D eigenvalue weighted by Crippen LogP contribution is 2.28. The Morgan fingerprint density at radius 1 is 0.618 bits per heavy atom. The zero-order valence-corrected chi connectivity index (χ0v) is 22.1. The molecule has 0 aromatic rings. The Bertz CT molecular complexity index is 540. The molecule has 0 heterocycles. The van der Waals surface area contributed by atoms with E-state index in [0.29, 0.717) is 24.5 Å². The number of carbonyl (C=O) groups excluding carboxylic acids is 2. The van der Waals surface area contributed by atoms with Crippen molar-refractivity contribution in [2.75, 3.05) is 6.54 Å². The first-order valence-corrected chi connectivity index (χ1v) is 14.5. The van der Waals surface area contributed by atoms with Crippen molar-refractivity contribution in [3.63, 3.8) is 0 Å². The lowest BCUT2D eigenvalue weighted by molar-refractivity contribution is -0.137. The quantitative estimate of drug-likeness (QED) is 0.157. The average molecular weight is 480 g/mol. The Labute approximate surface area is 209 Å². The molecule has 5 heteroatoms. The first kappa shape index (κ1) is 30.6. The fraction of sp³-hybridized carbons (Fsp3) is 0.897. The summed E-state index contributed by atoms with van der Waals surface area (Å²) in [5.74, 6) is 0.676. The Morgan fingerprint density at radius 2 is 1.00 bits per heavy atom. The average Bonchev–Trinajstić information content (AvgIpc) is 2.82. The molecular formula is C29H53NO4. The monoisotopic (exact) mass is 479 g/mol. The van der Waals surface area contributed by atoms with Gasteiger partial charge in [0.25, 0.3) is 0 Å². The molecule has 0 aliphatic heterocycles. The summed E-state index contributed by atoms with van der Waals surface area (Å²) in [6.45, 7) is 2.49. The zero-order chi connectivity index (χ0) is 24.9. The van der Waals surface area contributed by atoms with Crippen molar-refractivity contribution in [1.29, 1.82) is 0 Å². The van der Waals surface area contributed by atoms with Crippen molar-refractivity contribution in [3.05, 3.63) is 0 Å². The maximum atomic E-state index is 12.1. The summed E-state index contributed by atoms with van der Waals surface area (Å²) in [4.78, 5) is 33.9. The molecule has 1 amide bonds. The van der Waals surface area contributed by atoms with Crippen LogP contribution in [0.3, 0.4) is 0 Å². The van der Waals surface area contributed by atoms with Crippen molar-refractivity contribution in [3.8, 4) is 0 Å². The van der Waals surface area contributed by atoms with Crippen LogP contribution in [0.5, 0.6) is 0 Å². The summed E-state index contributed by atoms with van der Waals surface area (Å²) < 4.78 is 0. The van der Waals surface area contributed by atoms with Crippen molar-refractivity contribution >= 4 is 17.7 Å². The number of carboxylic acid groups (broad SMARTS) is 1. The summed E-state index contributed by atoms with van der Waals surface area (Å²) in [5, 5.41) is 11.7. The van der Waals surface area contributed by atoms with Crippen LogP contribution in [0.25, 0.3) is 0 Å². The molecule has 198 valence electrons. The van der Waals surface area contributed by atoms with E-state index in [1.54, 1.807) is 6.92 Å². The van der Waals surface area contributed by atoms with Crippen LogP contribution in [0.1, 0.15) is 148 Å². The van der Waals surface area contributed by atoms with Crippen LogP contribution in [-0.4, -0.2) is 29.3 Å². The number of nitrogens with one attached hydrogen (secondary N) is 1. The van der Waals surface area contributed by atoms with Gasteiger partial charge in [0.05, 0.1) is 0 Å². The number of amides is 1. The van der Waals surface area contributed by atoms with Gasteiger partial charge >= 0.3 is 5.97 Å². The topological polar surface area (TPSA) is 83.5 Å². The molecule has 1 fully saturated rings. The molecule has 0 atom stereocenters. The lowest BCUT2D eigenvalue weighted by Crippen LogP contribution is -2.32. The second kappa shape index (κ2) is 20.9. The summed E-state index contributed by atoms with van der Waals surface area (Å²) in [7, 11) is 0. The maximum absolute atomic E-state index is 12.1. The Hall–Kier alpha value is -1.39. The molecule has 1 saturated carbocycles. The second-order valence-corrected chi connectivity index (χ2v) is 10.7. The molecule has 0 aromatic carbocycles. The van der Waals surface area contributed by atoms with E-state index in [2.05, 4.69) is 5.32 Å². The summed E-state index contributed by atoms with van der Waals surface area (Å²) in [6.07, 6.45) is 24.8. The Kier molecular flexibility index (Phi) is 18.9. The van der Waals surface area contributed by atoms with Crippen LogP contribution in [0.2, 0.25) is 0 Å². The fourth-order valence-corrected chi connectivity index (χ4v) is 5.16. The van der Waals surface area contributed by atoms with E-state index in [4.69, 9.17) is 5.11 Å². The largest absolute Gasteiger partial charge is 0.481 e.